The molecule has 0 aliphatic carbocycles. The van der Waals surface area contributed by atoms with E-state index in [9.17, 15) is 21.6 Å². The van der Waals surface area contributed by atoms with Gasteiger partial charge in [-0.2, -0.15) is 18.3 Å². The third kappa shape index (κ3) is 4.21. The van der Waals surface area contributed by atoms with Crippen molar-refractivity contribution in [3.05, 3.63) is 47.2 Å². The van der Waals surface area contributed by atoms with E-state index in [4.69, 9.17) is 11.6 Å². The number of sulfonamides is 1. The van der Waals surface area contributed by atoms with Gasteiger partial charge in [-0.3, -0.25) is 4.68 Å². The Morgan fingerprint density at radius 2 is 2.00 bits per heavy atom. The van der Waals surface area contributed by atoms with Crippen LogP contribution in [0.5, 0.6) is 0 Å². The normalized spacial score (nSPS) is 12.5. The van der Waals surface area contributed by atoms with E-state index < -0.39 is 21.9 Å². The number of hydrogen-bond donors (Lipinski definition) is 1. The Hall–Kier alpha value is -1.58. The number of hydrogen-bond acceptors (Lipinski definition) is 3. The topological polar surface area (TPSA) is 64.0 Å². The lowest BCUT2D eigenvalue weighted by molar-refractivity contribution is -0.141. The van der Waals surface area contributed by atoms with Crippen LogP contribution in [0.3, 0.4) is 0 Å². The second kappa shape index (κ2) is 6.27. The quantitative estimate of drug-likeness (QED) is 0.898. The molecule has 1 N–H and O–H groups in total. The Bertz CT molecular complexity index is 759. The van der Waals surface area contributed by atoms with Crippen molar-refractivity contribution in [1.29, 1.82) is 0 Å². The Kier molecular flexibility index (Phi) is 4.78. The fourth-order valence-electron chi connectivity index (χ4n) is 1.65. The minimum atomic E-state index is -4.52. The molecule has 2 rings (SSSR count). The van der Waals surface area contributed by atoms with Gasteiger partial charge >= 0.3 is 6.18 Å². The summed E-state index contributed by atoms with van der Waals surface area (Å²) in [6.45, 7) is -0.135. The molecule has 1 aromatic carbocycles. The molecule has 0 spiro atoms. The average Bonchev–Trinajstić information content (AvgIpc) is 2.87. The van der Waals surface area contributed by atoms with Crippen LogP contribution in [0.2, 0.25) is 5.02 Å². The summed E-state index contributed by atoms with van der Waals surface area (Å²) in [4.78, 5) is -0.0172. The van der Waals surface area contributed by atoms with Crippen molar-refractivity contribution in [3.63, 3.8) is 0 Å². The second-order valence-electron chi connectivity index (χ2n) is 4.32. The van der Waals surface area contributed by atoms with Gasteiger partial charge in [-0.1, -0.05) is 17.7 Å². The van der Waals surface area contributed by atoms with Crippen LogP contribution in [0.4, 0.5) is 13.2 Å². The first-order valence-electron chi connectivity index (χ1n) is 6.04. The monoisotopic (exact) mass is 353 g/mol. The van der Waals surface area contributed by atoms with Crippen LogP contribution in [0.25, 0.3) is 0 Å². The van der Waals surface area contributed by atoms with Crippen molar-refractivity contribution >= 4 is 21.6 Å². The van der Waals surface area contributed by atoms with Crippen molar-refractivity contribution in [2.24, 2.45) is 0 Å². The molecule has 22 heavy (non-hydrogen) atoms. The van der Waals surface area contributed by atoms with Crippen LogP contribution in [-0.4, -0.2) is 24.7 Å². The zero-order chi connectivity index (χ0) is 16.4. The highest BCUT2D eigenvalue weighted by Gasteiger charge is 2.33. The lowest BCUT2D eigenvalue weighted by Gasteiger charge is -2.07. The summed E-state index contributed by atoms with van der Waals surface area (Å²) in [5.41, 5.74) is -1.02. The van der Waals surface area contributed by atoms with Crippen molar-refractivity contribution < 1.29 is 21.6 Å². The van der Waals surface area contributed by atoms with E-state index in [-0.39, 0.29) is 23.0 Å². The molecule has 0 fully saturated rings. The predicted octanol–water partition coefficient (Wildman–Crippen LogP) is 2.53. The van der Waals surface area contributed by atoms with Gasteiger partial charge in [-0.15, -0.1) is 0 Å². The Labute approximate surface area is 129 Å². The smallest absolute Gasteiger partial charge is 0.271 e. The van der Waals surface area contributed by atoms with E-state index in [1.54, 1.807) is 0 Å². The fraction of sp³-hybridized carbons (Fsp3) is 0.250. The van der Waals surface area contributed by atoms with Crippen molar-refractivity contribution in [2.75, 3.05) is 6.54 Å². The summed E-state index contributed by atoms with van der Waals surface area (Å²) >= 11 is 5.71. The standard InChI is InChI=1S/C12H11ClF3N3O2S/c13-9-2-1-3-10(8-9)22(20,21)17-5-7-19-6-4-11(18-19)12(14,15)16/h1-4,6,8,17H,5,7H2. The Morgan fingerprint density at radius 3 is 2.59 bits per heavy atom. The lowest BCUT2D eigenvalue weighted by Crippen LogP contribution is -2.27. The van der Waals surface area contributed by atoms with E-state index in [2.05, 4.69) is 9.82 Å². The molecule has 0 aliphatic rings. The van der Waals surface area contributed by atoms with E-state index in [0.717, 1.165) is 16.9 Å². The van der Waals surface area contributed by atoms with Gasteiger partial charge in [0.2, 0.25) is 10.0 Å². The highest BCUT2D eigenvalue weighted by atomic mass is 35.5. The number of rotatable bonds is 5. The van der Waals surface area contributed by atoms with Gasteiger partial charge < -0.3 is 0 Å². The van der Waals surface area contributed by atoms with Gasteiger partial charge in [0.15, 0.2) is 5.69 Å². The van der Waals surface area contributed by atoms with Gasteiger partial charge in [-0.25, -0.2) is 13.1 Å². The molecule has 1 aromatic heterocycles. The summed E-state index contributed by atoms with van der Waals surface area (Å²) in [7, 11) is -3.77. The van der Waals surface area contributed by atoms with Crippen molar-refractivity contribution in [1.82, 2.24) is 14.5 Å². The lowest BCUT2D eigenvalue weighted by atomic mass is 10.4. The molecule has 120 valence electrons. The van der Waals surface area contributed by atoms with Crippen LogP contribution in [0, 0.1) is 0 Å². The SMILES string of the molecule is O=S(=O)(NCCn1ccc(C(F)(F)F)n1)c1cccc(Cl)c1. The minimum absolute atomic E-state index is 0.0172. The number of nitrogens with zero attached hydrogens (tertiary/aromatic N) is 2. The third-order valence-corrected chi connectivity index (χ3v) is 4.36. The van der Waals surface area contributed by atoms with Crippen LogP contribution < -0.4 is 4.72 Å². The number of nitrogens with one attached hydrogen (secondary N) is 1. The van der Waals surface area contributed by atoms with Gasteiger partial charge in [0.25, 0.3) is 0 Å². The van der Waals surface area contributed by atoms with E-state index >= 15 is 0 Å². The molecule has 0 atom stereocenters. The number of halogens is 4. The van der Waals surface area contributed by atoms with Crippen molar-refractivity contribution in [3.8, 4) is 0 Å². The van der Waals surface area contributed by atoms with Crippen LogP contribution in [-0.2, 0) is 22.7 Å². The third-order valence-electron chi connectivity index (χ3n) is 2.67. The molecule has 2 aromatic rings. The zero-order valence-electron chi connectivity index (χ0n) is 11.0. The summed E-state index contributed by atoms with van der Waals surface area (Å²) < 4.78 is 64.3. The molecule has 1 heterocycles. The Morgan fingerprint density at radius 1 is 1.27 bits per heavy atom. The summed E-state index contributed by atoms with van der Waals surface area (Å²) in [6, 6.07) is 6.48. The van der Waals surface area contributed by atoms with Gasteiger partial charge in [0.05, 0.1) is 11.4 Å². The summed E-state index contributed by atoms with van der Waals surface area (Å²) in [5, 5.41) is 3.59. The number of alkyl halides is 3. The van der Waals surface area contributed by atoms with Crippen LogP contribution in [0.15, 0.2) is 41.4 Å². The summed E-state index contributed by atoms with van der Waals surface area (Å²) in [5.74, 6) is 0. The largest absolute Gasteiger partial charge is 0.435 e. The molecule has 10 heteroatoms. The van der Waals surface area contributed by atoms with Gasteiger partial charge in [0, 0.05) is 17.8 Å². The Balaban J connectivity index is 1.97. The molecule has 0 bridgehead atoms. The maximum Gasteiger partial charge on any atom is 0.435 e. The summed E-state index contributed by atoms with van der Waals surface area (Å²) in [6.07, 6.45) is -3.39. The van der Waals surface area contributed by atoms with Crippen LogP contribution >= 0.6 is 11.6 Å². The van der Waals surface area contributed by atoms with Gasteiger partial charge in [0.1, 0.15) is 0 Å². The van der Waals surface area contributed by atoms with Crippen LogP contribution in [0.1, 0.15) is 5.69 Å². The van der Waals surface area contributed by atoms with Gasteiger partial charge in [-0.05, 0) is 24.3 Å². The minimum Gasteiger partial charge on any atom is -0.271 e. The number of aromatic nitrogens is 2. The highest BCUT2D eigenvalue weighted by Crippen LogP contribution is 2.27. The maximum absolute atomic E-state index is 12.4. The highest BCUT2D eigenvalue weighted by molar-refractivity contribution is 7.89. The molecule has 0 saturated heterocycles. The zero-order valence-corrected chi connectivity index (χ0v) is 12.6. The molecular weight excluding hydrogens is 343 g/mol. The maximum atomic E-state index is 12.4. The molecule has 0 amide bonds. The second-order valence-corrected chi connectivity index (χ2v) is 6.52. The molecule has 5 nitrogen and oxygen atoms in total. The molecule has 0 aliphatic heterocycles. The first kappa shape index (κ1) is 16.8. The molecule has 0 radical (unpaired) electrons. The van der Waals surface area contributed by atoms with E-state index in [0.29, 0.717) is 0 Å². The molecule has 0 saturated carbocycles. The molecule has 0 unspecified atom stereocenters. The van der Waals surface area contributed by atoms with Crippen molar-refractivity contribution in [2.45, 2.75) is 17.6 Å². The molecular formula is C12H11ClF3N3O2S. The first-order valence-corrected chi connectivity index (χ1v) is 7.90. The predicted molar refractivity (Wildman–Crippen MR) is 73.9 cm³/mol. The van der Waals surface area contributed by atoms with E-state index in [1.807, 2.05) is 0 Å². The van der Waals surface area contributed by atoms with E-state index in [1.165, 1.54) is 24.3 Å². The first-order chi connectivity index (χ1) is 10.2. The number of benzene rings is 1. The fourth-order valence-corrected chi connectivity index (χ4v) is 2.97. The average molecular weight is 354 g/mol.